The van der Waals surface area contributed by atoms with Crippen molar-refractivity contribution >= 4 is 40.2 Å². The molecule has 3 aliphatic rings. The van der Waals surface area contributed by atoms with Gasteiger partial charge in [-0.1, -0.05) is 37.3 Å². The summed E-state index contributed by atoms with van der Waals surface area (Å²) in [6.07, 6.45) is 3.96. The number of aliphatic hydroxyl groups is 1. The van der Waals surface area contributed by atoms with Crippen molar-refractivity contribution in [3.05, 3.63) is 100 Å². The molecule has 276 valence electrons. The molecule has 4 aromatic rings. The van der Waals surface area contributed by atoms with Crippen LogP contribution in [0.15, 0.2) is 66.9 Å². The second-order valence-electron chi connectivity index (χ2n) is 14.4. The zero-order valence-electron chi connectivity index (χ0n) is 30.1. The predicted octanol–water partition coefficient (Wildman–Crippen LogP) is 4.83. The van der Waals surface area contributed by atoms with Gasteiger partial charge in [0.05, 0.1) is 12.1 Å². The van der Waals surface area contributed by atoms with Crippen LogP contribution < -0.4 is 16.0 Å². The lowest BCUT2D eigenvalue weighted by Crippen LogP contribution is -2.51. The number of imide groups is 1. The van der Waals surface area contributed by atoms with E-state index in [-0.39, 0.29) is 35.8 Å². The maximum atomic E-state index is 13.9. The molecule has 1 aromatic heterocycles. The number of aromatic nitrogens is 1. The first-order valence-electron chi connectivity index (χ1n) is 18.5. The summed E-state index contributed by atoms with van der Waals surface area (Å²) in [4.78, 5) is 59.1. The molecule has 5 N–H and O–H groups in total. The van der Waals surface area contributed by atoms with E-state index >= 15 is 0 Å². The van der Waals surface area contributed by atoms with Gasteiger partial charge in [-0.3, -0.25) is 34.4 Å². The molecule has 12 nitrogen and oxygen atoms in total. The number of phenols is 1. The number of nitrogens with one attached hydrogen (secondary N) is 3. The number of carbonyl (C=O) groups is 4. The van der Waals surface area contributed by atoms with Crippen LogP contribution in [0, 0.1) is 12.8 Å². The van der Waals surface area contributed by atoms with Crippen molar-refractivity contribution in [2.24, 2.45) is 5.92 Å². The zero-order valence-corrected chi connectivity index (χ0v) is 30.1. The Balaban J connectivity index is 1.01. The Labute approximate surface area is 308 Å². The summed E-state index contributed by atoms with van der Waals surface area (Å²) < 4.78 is 0. The van der Waals surface area contributed by atoms with Crippen molar-refractivity contribution in [1.29, 1.82) is 0 Å². The van der Waals surface area contributed by atoms with Gasteiger partial charge in [0.2, 0.25) is 17.7 Å². The van der Waals surface area contributed by atoms with Crippen LogP contribution in [-0.4, -0.2) is 74.3 Å². The molecule has 4 heterocycles. The van der Waals surface area contributed by atoms with Gasteiger partial charge in [-0.25, -0.2) is 0 Å². The highest BCUT2D eigenvalue weighted by molar-refractivity contribution is 6.00. The molecule has 0 bridgehead atoms. The molecule has 2 saturated heterocycles. The van der Waals surface area contributed by atoms with Crippen LogP contribution in [0.25, 0.3) is 10.9 Å². The third-order valence-electron chi connectivity index (χ3n) is 10.9. The van der Waals surface area contributed by atoms with E-state index in [1.165, 1.54) is 0 Å². The van der Waals surface area contributed by atoms with Crippen LogP contribution in [0.1, 0.15) is 95.9 Å². The Morgan fingerprint density at radius 3 is 2.60 bits per heavy atom. The highest BCUT2D eigenvalue weighted by atomic mass is 16.3. The molecule has 3 unspecified atom stereocenters. The number of rotatable bonds is 10. The lowest BCUT2D eigenvalue weighted by atomic mass is 9.92. The summed E-state index contributed by atoms with van der Waals surface area (Å²) >= 11 is 0. The Morgan fingerprint density at radius 2 is 1.83 bits per heavy atom. The Morgan fingerprint density at radius 1 is 1.04 bits per heavy atom. The minimum atomic E-state index is -0.925. The van der Waals surface area contributed by atoms with Gasteiger partial charge >= 0.3 is 0 Å². The molecule has 0 saturated carbocycles. The Bertz CT molecular complexity index is 2060. The maximum absolute atomic E-state index is 13.9. The summed E-state index contributed by atoms with van der Waals surface area (Å²) in [6, 6.07) is 17.4. The lowest BCUT2D eigenvalue weighted by Gasteiger charge is -2.33. The highest BCUT2D eigenvalue weighted by Gasteiger charge is 2.40. The molecule has 12 heteroatoms. The maximum Gasteiger partial charge on any atom is 0.253 e. The second-order valence-corrected chi connectivity index (χ2v) is 14.4. The van der Waals surface area contributed by atoms with Gasteiger partial charge < -0.3 is 25.7 Å². The number of aryl methyl sites for hydroxylation is 1. The first kappa shape index (κ1) is 36.0. The third kappa shape index (κ3) is 7.34. The van der Waals surface area contributed by atoms with Gasteiger partial charge in [0.25, 0.3) is 5.91 Å². The van der Waals surface area contributed by atoms with Crippen LogP contribution in [0.5, 0.6) is 5.75 Å². The number of aromatic hydroxyl groups is 1. The van der Waals surface area contributed by atoms with E-state index in [0.717, 1.165) is 40.6 Å². The minimum Gasteiger partial charge on any atom is -0.505 e. The number of anilines is 1. The number of aliphatic hydroxyl groups excluding tert-OH is 1. The number of fused-ring (bicyclic) bond motifs is 2. The predicted molar refractivity (Wildman–Crippen MR) is 200 cm³/mol. The largest absolute Gasteiger partial charge is 0.505 e. The number of carbonyl (C=O) groups excluding carboxylic acids is 4. The van der Waals surface area contributed by atoms with E-state index in [9.17, 15) is 29.4 Å². The van der Waals surface area contributed by atoms with Gasteiger partial charge in [0.1, 0.15) is 17.5 Å². The molecule has 3 aromatic carbocycles. The van der Waals surface area contributed by atoms with E-state index in [1.807, 2.05) is 73.3 Å². The van der Waals surface area contributed by atoms with Crippen molar-refractivity contribution < 1.29 is 29.4 Å². The molecule has 3 aliphatic heterocycles. The number of hydrogen-bond donors (Lipinski definition) is 5. The fourth-order valence-electron chi connectivity index (χ4n) is 7.99. The van der Waals surface area contributed by atoms with Crippen LogP contribution in [-0.2, 0) is 20.9 Å². The molecule has 2 fully saturated rings. The average molecular weight is 719 g/mol. The summed E-state index contributed by atoms with van der Waals surface area (Å²) in [6.45, 7) is 6.18. The number of benzene rings is 3. The zero-order chi connectivity index (χ0) is 37.2. The van der Waals surface area contributed by atoms with Crippen molar-refractivity contribution in [3.8, 4) is 5.75 Å². The van der Waals surface area contributed by atoms with Gasteiger partial charge in [-0.05, 0) is 85.5 Å². The van der Waals surface area contributed by atoms with Crippen molar-refractivity contribution in [3.63, 3.8) is 0 Å². The molecular weight excluding hydrogens is 672 g/mol. The standard InChI is InChI=1S/C41H46N6O6/c1-3-7-34(48)44-36(30-20-24(2)28-11-6-17-42-37(28)38(30)50)26-8-4-9-27(21-26)40(52)46-18-15-25(16-19-46)22-43-32-12-5-10-29-31(32)23-47(41(29)53)33-13-14-35(49)45-39(33)51/h4-6,8-12,17,20-21,25,33,36,41,43,50,53H,3,7,13-16,18-19,22-23H2,1-2H3,(H,44,48)(H,45,49,51). The topological polar surface area (TPSA) is 164 Å². The first-order chi connectivity index (χ1) is 25.6. The summed E-state index contributed by atoms with van der Waals surface area (Å²) in [7, 11) is 0. The first-order valence-corrected chi connectivity index (χ1v) is 18.5. The van der Waals surface area contributed by atoms with Gasteiger partial charge in [0, 0.05) is 73.0 Å². The molecule has 0 aliphatic carbocycles. The van der Waals surface area contributed by atoms with Crippen LogP contribution >= 0.6 is 0 Å². The van der Waals surface area contributed by atoms with Gasteiger partial charge in [-0.15, -0.1) is 0 Å². The number of piperidine rings is 2. The Hall–Kier alpha value is -5.33. The smallest absolute Gasteiger partial charge is 0.253 e. The monoisotopic (exact) mass is 718 g/mol. The number of hydrogen-bond acceptors (Lipinski definition) is 9. The molecule has 7 rings (SSSR count). The second kappa shape index (κ2) is 15.3. The molecule has 0 spiro atoms. The molecule has 4 amide bonds. The van der Waals surface area contributed by atoms with E-state index in [0.29, 0.717) is 73.6 Å². The number of likely N-dealkylation sites (tertiary alicyclic amines) is 1. The summed E-state index contributed by atoms with van der Waals surface area (Å²) in [5.41, 5.74) is 5.74. The number of nitrogens with zero attached hydrogens (tertiary/aromatic N) is 3. The summed E-state index contributed by atoms with van der Waals surface area (Å²) in [5.74, 6) is -0.555. The molecular formula is C41H46N6O6. The van der Waals surface area contributed by atoms with Crippen LogP contribution in [0.4, 0.5) is 5.69 Å². The van der Waals surface area contributed by atoms with Crippen molar-refractivity contribution in [1.82, 2.24) is 25.4 Å². The molecule has 0 radical (unpaired) electrons. The van der Waals surface area contributed by atoms with E-state index in [2.05, 4.69) is 20.9 Å². The average Bonchev–Trinajstić information content (AvgIpc) is 3.50. The Kier molecular flexibility index (Phi) is 10.4. The summed E-state index contributed by atoms with van der Waals surface area (Å²) in [5, 5.41) is 32.4. The number of phenolic OH excluding ortho intramolecular Hbond substituents is 1. The van der Waals surface area contributed by atoms with E-state index < -0.39 is 18.3 Å². The SMILES string of the molecule is CCCC(=O)NC(c1cccc(C(=O)N2CCC(CNc3cccc4c3CN(C3CCC(=O)NC3=O)C4O)CC2)c1)c1cc(C)c2cccnc2c1O. The minimum absolute atomic E-state index is 0.00341. The number of amides is 4. The molecule has 3 atom stereocenters. The van der Waals surface area contributed by atoms with Gasteiger partial charge in [0.15, 0.2) is 0 Å². The van der Waals surface area contributed by atoms with Crippen LogP contribution in [0.2, 0.25) is 0 Å². The third-order valence-corrected chi connectivity index (χ3v) is 10.9. The van der Waals surface area contributed by atoms with Gasteiger partial charge in [-0.2, -0.15) is 0 Å². The fraction of sp³-hybridized carbons (Fsp3) is 0.390. The molecule has 53 heavy (non-hydrogen) atoms. The van der Waals surface area contributed by atoms with Crippen molar-refractivity contribution in [2.75, 3.05) is 25.0 Å². The van der Waals surface area contributed by atoms with E-state index in [4.69, 9.17) is 0 Å². The lowest BCUT2D eigenvalue weighted by molar-refractivity contribution is -0.141. The number of pyridine rings is 1. The fourth-order valence-corrected chi connectivity index (χ4v) is 7.99. The van der Waals surface area contributed by atoms with Crippen molar-refractivity contribution in [2.45, 2.75) is 77.2 Å². The van der Waals surface area contributed by atoms with E-state index in [1.54, 1.807) is 17.2 Å². The quantitative estimate of drug-likeness (QED) is 0.145. The van der Waals surface area contributed by atoms with Crippen LogP contribution in [0.3, 0.4) is 0 Å². The highest BCUT2D eigenvalue weighted by Crippen LogP contribution is 2.40. The normalized spacial score (nSPS) is 19.9.